The summed E-state index contributed by atoms with van der Waals surface area (Å²) in [7, 11) is 0. The predicted molar refractivity (Wildman–Crippen MR) is 84.9 cm³/mol. The molecule has 2 aliphatic carbocycles. The van der Waals surface area contributed by atoms with Gasteiger partial charge in [0.05, 0.1) is 4.92 Å². The summed E-state index contributed by atoms with van der Waals surface area (Å²) < 4.78 is 0. The predicted octanol–water partition coefficient (Wildman–Crippen LogP) is 3.65. The van der Waals surface area contributed by atoms with Crippen LogP contribution in [0.2, 0.25) is 0 Å². The third kappa shape index (κ3) is 3.86. The second-order valence-corrected chi connectivity index (χ2v) is 6.32. The van der Waals surface area contributed by atoms with Crippen molar-refractivity contribution in [3.8, 4) is 0 Å². The molecule has 0 spiro atoms. The van der Waals surface area contributed by atoms with Crippen molar-refractivity contribution >= 4 is 17.1 Å². The molecule has 0 bridgehead atoms. The number of hydrogen-bond acceptors (Lipinski definition) is 4. The van der Waals surface area contributed by atoms with Gasteiger partial charge in [0, 0.05) is 43.1 Å². The lowest BCUT2D eigenvalue weighted by molar-refractivity contribution is -0.384. The third-order valence-corrected chi connectivity index (χ3v) is 4.21. The maximum atomic E-state index is 11.2. The maximum absolute atomic E-state index is 11.2. The minimum Gasteiger partial charge on any atom is -0.385 e. The summed E-state index contributed by atoms with van der Waals surface area (Å²) in [5, 5.41) is 14.4. The molecule has 5 nitrogen and oxygen atoms in total. The standard InChI is InChI=1S/C16H23N3O2/c1-2-17-14-7-15(9-16(8-14)19(20)21)18(10-12-3-4-12)11-13-5-6-13/h7-9,12-13,17H,2-6,10-11H2,1H3. The Kier molecular flexibility index (Phi) is 3.99. The quantitative estimate of drug-likeness (QED) is 0.586. The summed E-state index contributed by atoms with van der Waals surface area (Å²) in [6.45, 7) is 4.86. The van der Waals surface area contributed by atoms with Gasteiger partial charge in [0.1, 0.15) is 0 Å². The Hall–Kier alpha value is -1.78. The first-order chi connectivity index (χ1) is 10.2. The van der Waals surface area contributed by atoms with E-state index in [2.05, 4.69) is 16.3 Å². The first-order valence-electron chi connectivity index (χ1n) is 7.94. The van der Waals surface area contributed by atoms with Crippen LogP contribution in [0.1, 0.15) is 32.6 Å². The normalized spacial score (nSPS) is 17.6. The topological polar surface area (TPSA) is 58.4 Å². The lowest BCUT2D eigenvalue weighted by Crippen LogP contribution is -2.28. The largest absolute Gasteiger partial charge is 0.385 e. The molecule has 0 aromatic heterocycles. The van der Waals surface area contributed by atoms with E-state index in [1.807, 2.05) is 6.92 Å². The van der Waals surface area contributed by atoms with Crippen molar-refractivity contribution in [3.05, 3.63) is 28.3 Å². The highest BCUT2D eigenvalue weighted by atomic mass is 16.6. The molecule has 0 amide bonds. The van der Waals surface area contributed by atoms with E-state index in [9.17, 15) is 10.1 Å². The van der Waals surface area contributed by atoms with Crippen LogP contribution in [0.25, 0.3) is 0 Å². The highest BCUT2D eigenvalue weighted by Crippen LogP contribution is 2.37. The van der Waals surface area contributed by atoms with Crippen LogP contribution in [0, 0.1) is 22.0 Å². The van der Waals surface area contributed by atoms with Crippen molar-refractivity contribution in [2.45, 2.75) is 32.6 Å². The molecule has 0 saturated heterocycles. The molecule has 5 heteroatoms. The van der Waals surface area contributed by atoms with Crippen LogP contribution < -0.4 is 10.2 Å². The Labute approximate surface area is 125 Å². The highest BCUT2D eigenvalue weighted by molar-refractivity contribution is 5.64. The molecule has 2 fully saturated rings. The van der Waals surface area contributed by atoms with Crippen molar-refractivity contribution in [2.24, 2.45) is 11.8 Å². The molecule has 0 atom stereocenters. The first kappa shape index (κ1) is 14.2. The number of non-ortho nitro benzene ring substituents is 1. The Morgan fingerprint density at radius 1 is 1.19 bits per heavy atom. The van der Waals surface area contributed by atoms with Gasteiger partial charge in [-0.3, -0.25) is 10.1 Å². The summed E-state index contributed by atoms with van der Waals surface area (Å²) in [6, 6.07) is 5.41. The Morgan fingerprint density at radius 2 is 1.81 bits per heavy atom. The zero-order valence-electron chi connectivity index (χ0n) is 12.5. The number of benzene rings is 1. The smallest absolute Gasteiger partial charge is 0.273 e. The molecule has 0 unspecified atom stereocenters. The molecule has 0 heterocycles. The van der Waals surface area contributed by atoms with Crippen LogP contribution in [-0.4, -0.2) is 24.6 Å². The Balaban J connectivity index is 1.85. The van der Waals surface area contributed by atoms with Gasteiger partial charge >= 0.3 is 0 Å². The van der Waals surface area contributed by atoms with Crippen LogP contribution in [0.15, 0.2) is 18.2 Å². The molecule has 0 radical (unpaired) electrons. The van der Waals surface area contributed by atoms with Gasteiger partial charge < -0.3 is 10.2 Å². The van der Waals surface area contributed by atoms with E-state index in [0.29, 0.717) is 0 Å². The van der Waals surface area contributed by atoms with E-state index in [0.717, 1.165) is 42.8 Å². The fraction of sp³-hybridized carbons (Fsp3) is 0.625. The zero-order chi connectivity index (χ0) is 14.8. The SMILES string of the molecule is CCNc1cc(N(CC2CC2)CC2CC2)cc([N+](=O)[O-])c1. The zero-order valence-corrected chi connectivity index (χ0v) is 12.5. The second kappa shape index (κ2) is 5.92. The van der Waals surface area contributed by atoms with Crippen molar-refractivity contribution in [2.75, 3.05) is 29.9 Å². The monoisotopic (exact) mass is 289 g/mol. The molecule has 0 aliphatic heterocycles. The molecule has 2 saturated carbocycles. The molecule has 1 aromatic carbocycles. The van der Waals surface area contributed by atoms with Gasteiger partial charge in [-0.05, 0) is 50.5 Å². The van der Waals surface area contributed by atoms with Gasteiger partial charge in [-0.1, -0.05) is 0 Å². The molecule has 3 rings (SSSR count). The highest BCUT2D eigenvalue weighted by Gasteiger charge is 2.30. The maximum Gasteiger partial charge on any atom is 0.273 e. The summed E-state index contributed by atoms with van der Waals surface area (Å²) in [6.07, 6.45) is 5.21. The number of nitrogens with one attached hydrogen (secondary N) is 1. The number of nitro benzene ring substituents is 1. The minimum absolute atomic E-state index is 0.181. The second-order valence-electron chi connectivity index (χ2n) is 6.32. The summed E-state index contributed by atoms with van der Waals surface area (Å²) in [4.78, 5) is 13.2. The number of anilines is 2. The lowest BCUT2D eigenvalue weighted by Gasteiger charge is -2.25. The van der Waals surface area contributed by atoms with E-state index in [1.54, 1.807) is 12.1 Å². The van der Waals surface area contributed by atoms with Crippen LogP contribution >= 0.6 is 0 Å². The van der Waals surface area contributed by atoms with Crippen molar-refractivity contribution in [1.29, 1.82) is 0 Å². The number of hydrogen-bond donors (Lipinski definition) is 1. The van der Waals surface area contributed by atoms with Gasteiger partial charge in [-0.25, -0.2) is 0 Å². The molecule has 1 aromatic rings. The van der Waals surface area contributed by atoms with E-state index in [4.69, 9.17) is 0 Å². The van der Waals surface area contributed by atoms with Crippen molar-refractivity contribution in [3.63, 3.8) is 0 Å². The number of rotatable bonds is 8. The molecule has 114 valence electrons. The van der Waals surface area contributed by atoms with Crippen LogP contribution in [0.3, 0.4) is 0 Å². The molecular weight excluding hydrogens is 266 g/mol. The Morgan fingerprint density at radius 3 is 2.29 bits per heavy atom. The average molecular weight is 289 g/mol. The molecule has 2 aliphatic rings. The first-order valence-corrected chi connectivity index (χ1v) is 7.94. The van der Waals surface area contributed by atoms with Gasteiger partial charge in [0.2, 0.25) is 0 Å². The molecular formula is C16H23N3O2. The Bertz CT molecular complexity index is 510. The molecule has 21 heavy (non-hydrogen) atoms. The van der Waals surface area contributed by atoms with Crippen molar-refractivity contribution in [1.82, 2.24) is 0 Å². The number of nitrogens with zero attached hydrogens (tertiary/aromatic N) is 2. The van der Waals surface area contributed by atoms with E-state index in [-0.39, 0.29) is 10.6 Å². The van der Waals surface area contributed by atoms with E-state index >= 15 is 0 Å². The van der Waals surface area contributed by atoms with Crippen LogP contribution in [0.5, 0.6) is 0 Å². The minimum atomic E-state index is -0.295. The number of nitro groups is 1. The fourth-order valence-electron chi connectivity index (χ4n) is 2.70. The summed E-state index contributed by atoms with van der Waals surface area (Å²) in [5.41, 5.74) is 2.03. The average Bonchev–Trinajstić information content (AvgIpc) is 3.33. The third-order valence-electron chi connectivity index (χ3n) is 4.21. The fourth-order valence-corrected chi connectivity index (χ4v) is 2.70. The van der Waals surface area contributed by atoms with E-state index in [1.165, 1.54) is 25.7 Å². The van der Waals surface area contributed by atoms with Gasteiger partial charge in [-0.15, -0.1) is 0 Å². The van der Waals surface area contributed by atoms with Crippen LogP contribution in [0.4, 0.5) is 17.1 Å². The van der Waals surface area contributed by atoms with Crippen LogP contribution in [-0.2, 0) is 0 Å². The summed E-state index contributed by atoms with van der Waals surface area (Å²) in [5.74, 6) is 1.57. The van der Waals surface area contributed by atoms with Gasteiger partial charge in [0.15, 0.2) is 0 Å². The molecule has 1 N–H and O–H groups in total. The van der Waals surface area contributed by atoms with E-state index < -0.39 is 0 Å². The summed E-state index contributed by atoms with van der Waals surface area (Å²) >= 11 is 0. The van der Waals surface area contributed by atoms with Crippen molar-refractivity contribution < 1.29 is 4.92 Å². The van der Waals surface area contributed by atoms with Gasteiger partial charge in [0.25, 0.3) is 5.69 Å². The lowest BCUT2D eigenvalue weighted by atomic mass is 10.2. The van der Waals surface area contributed by atoms with Gasteiger partial charge in [-0.2, -0.15) is 0 Å².